The number of nitrogens with zero attached hydrogens (tertiary/aromatic N) is 2. The summed E-state index contributed by atoms with van der Waals surface area (Å²) < 4.78 is 10.9. The summed E-state index contributed by atoms with van der Waals surface area (Å²) in [4.78, 5) is 40.3. The van der Waals surface area contributed by atoms with Gasteiger partial charge in [0.05, 0.1) is 18.9 Å². The van der Waals surface area contributed by atoms with E-state index >= 15 is 0 Å². The normalized spacial score (nSPS) is 11.1. The molecule has 4 aromatic rings. The maximum Gasteiger partial charge on any atom is 0.343 e. The van der Waals surface area contributed by atoms with Crippen LogP contribution in [0.2, 0.25) is 0 Å². The summed E-state index contributed by atoms with van der Waals surface area (Å²) >= 11 is 0. The molecule has 2 amide bonds. The quantitative estimate of drug-likeness (QED) is 0.0936. The number of anilines is 1. The van der Waals surface area contributed by atoms with Gasteiger partial charge >= 0.3 is 5.97 Å². The minimum Gasteiger partial charge on any atom is -0.493 e. The first kappa shape index (κ1) is 29.3. The Morgan fingerprint density at radius 2 is 1.38 bits per heavy atom. The minimum atomic E-state index is -0.618. The predicted octanol–water partition coefficient (Wildman–Crippen LogP) is 4.90. The molecule has 212 valence electrons. The zero-order chi connectivity index (χ0) is 29.9. The van der Waals surface area contributed by atoms with Gasteiger partial charge in [0.25, 0.3) is 11.8 Å². The highest BCUT2D eigenvalue weighted by molar-refractivity contribution is 6.05. The summed E-state index contributed by atoms with van der Waals surface area (Å²) in [5, 5.41) is 6.73. The van der Waals surface area contributed by atoms with Gasteiger partial charge in [0.15, 0.2) is 11.5 Å². The molecule has 0 aliphatic carbocycles. The van der Waals surface area contributed by atoms with Crippen LogP contribution in [-0.4, -0.2) is 45.2 Å². The first-order valence-corrected chi connectivity index (χ1v) is 13.0. The van der Waals surface area contributed by atoms with E-state index in [9.17, 15) is 14.4 Å². The molecule has 0 aliphatic heterocycles. The second-order valence-electron chi connectivity index (χ2n) is 9.23. The highest BCUT2D eigenvalue weighted by Crippen LogP contribution is 2.28. The number of carbonyl (C=O) groups is 3. The Labute approximate surface area is 244 Å². The lowest BCUT2D eigenvalue weighted by molar-refractivity contribution is -0.117. The molecule has 4 aromatic carbocycles. The number of carbonyl (C=O) groups excluding carboxylic acids is 3. The molecule has 0 saturated heterocycles. The molecule has 0 aliphatic rings. The Bertz CT molecular complexity index is 1600. The topological polar surface area (TPSA) is 109 Å². The van der Waals surface area contributed by atoms with Gasteiger partial charge in [-0.1, -0.05) is 48.5 Å². The SMILES string of the molecule is COc1cc(C=NNC(=O)C(=Cc2ccc(N(C)C)cc2)NC(=O)c2ccccc2)ccc1OC(=O)c1ccccc1. The third-order valence-electron chi connectivity index (χ3n) is 6.03. The van der Waals surface area contributed by atoms with Gasteiger partial charge in [-0.3, -0.25) is 9.59 Å². The van der Waals surface area contributed by atoms with Crippen LogP contribution in [0.1, 0.15) is 31.8 Å². The third-order valence-corrected chi connectivity index (χ3v) is 6.03. The Balaban J connectivity index is 1.49. The van der Waals surface area contributed by atoms with Crippen molar-refractivity contribution in [3.63, 3.8) is 0 Å². The maximum atomic E-state index is 13.1. The van der Waals surface area contributed by atoms with E-state index in [2.05, 4.69) is 15.8 Å². The van der Waals surface area contributed by atoms with E-state index in [1.54, 1.807) is 78.9 Å². The summed E-state index contributed by atoms with van der Waals surface area (Å²) in [6.07, 6.45) is 2.98. The van der Waals surface area contributed by atoms with Crippen molar-refractivity contribution in [1.82, 2.24) is 10.7 Å². The van der Waals surface area contributed by atoms with Gasteiger partial charge in [-0.2, -0.15) is 5.10 Å². The van der Waals surface area contributed by atoms with Crippen LogP contribution in [0.3, 0.4) is 0 Å². The molecule has 0 unspecified atom stereocenters. The molecule has 0 aromatic heterocycles. The fourth-order valence-electron chi connectivity index (χ4n) is 3.79. The van der Waals surface area contributed by atoms with Crippen LogP contribution < -0.4 is 25.1 Å². The molecule has 9 heteroatoms. The molecule has 0 saturated carbocycles. The van der Waals surface area contributed by atoms with Crippen molar-refractivity contribution in [3.05, 3.63) is 131 Å². The Morgan fingerprint density at radius 3 is 2.00 bits per heavy atom. The summed E-state index contributed by atoms with van der Waals surface area (Å²) in [6.45, 7) is 0. The predicted molar refractivity (Wildman–Crippen MR) is 163 cm³/mol. The highest BCUT2D eigenvalue weighted by Gasteiger charge is 2.15. The Morgan fingerprint density at radius 1 is 0.762 bits per heavy atom. The van der Waals surface area contributed by atoms with Crippen molar-refractivity contribution in [3.8, 4) is 11.5 Å². The van der Waals surface area contributed by atoms with Crippen LogP contribution in [0.25, 0.3) is 6.08 Å². The van der Waals surface area contributed by atoms with E-state index in [1.165, 1.54) is 13.3 Å². The monoisotopic (exact) mass is 562 g/mol. The molecule has 0 radical (unpaired) electrons. The van der Waals surface area contributed by atoms with E-state index in [-0.39, 0.29) is 11.4 Å². The molecule has 9 nitrogen and oxygen atoms in total. The van der Waals surface area contributed by atoms with Crippen LogP contribution in [0.4, 0.5) is 5.69 Å². The van der Waals surface area contributed by atoms with Gasteiger partial charge in [-0.05, 0) is 71.8 Å². The lowest BCUT2D eigenvalue weighted by Crippen LogP contribution is -2.32. The zero-order valence-electron chi connectivity index (χ0n) is 23.4. The first-order chi connectivity index (χ1) is 20.3. The van der Waals surface area contributed by atoms with Gasteiger partial charge in [0, 0.05) is 25.3 Å². The molecule has 42 heavy (non-hydrogen) atoms. The fraction of sp³-hybridized carbons (Fsp3) is 0.0909. The number of nitrogens with one attached hydrogen (secondary N) is 2. The highest BCUT2D eigenvalue weighted by atomic mass is 16.6. The molecule has 0 fully saturated rings. The number of hydrazone groups is 1. The summed E-state index contributed by atoms with van der Waals surface area (Å²) in [5.41, 5.74) is 5.57. The van der Waals surface area contributed by atoms with Gasteiger partial charge in [0.1, 0.15) is 5.70 Å². The van der Waals surface area contributed by atoms with E-state index in [0.29, 0.717) is 28.0 Å². The van der Waals surface area contributed by atoms with Crippen LogP contribution in [0, 0.1) is 0 Å². The molecular formula is C33H30N4O5. The lowest BCUT2D eigenvalue weighted by Gasteiger charge is -2.13. The number of hydrogen-bond acceptors (Lipinski definition) is 7. The van der Waals surface area contributed by atoms with Gasteiger partial charge in [-0.25, -0.2) is 10.2 Å². The molecule has 0 spiro atoms. The third kappa shape index (κ3) is 7.92. The summed E-state index contributed by atoms with van der Waals surface area (Å²) in [5.74, 6) is -1.02. The number of amides is 2. The van der Waals surface area contributed by atoms with E-state index in [1.807, 2.05) is 49.3 Å². The van der Waals surface area contributed by atoms with E-state index < -0.39 is 17.8 Å². The Kier molecular flexibility index (Phi) is 9.82. The molecule has 4 rings (SSSR count). The number of rotatable bonds is 10. The smallest absolute Gasteiger partial charge is 0.343 e. The number of esters is 1. The molecular weight excluding hydrogens is 532 g/mol. The van der Waals surface area contributed by atoms with Crippen LogP contribution in [0.15, 0.2) is 114 Å². The van der Waals surface area contributed by atoms with Crippen molar-refractivity contribution >= 4 is 35.8 Å². The minimum absolute atomic E-state index is 0.0133. The first-order valence-electron chi connectivity index (χ1n) is 13.0. The number of hydrogen-bond donors (Lipinski definition) is 2. The van der Waals surface area contributed by atoms with Crippen molar-refractivity contribution < 1.29 is 23.9 Å². The summed E-state index contributed by atoms with van der Waals surface area (Å²) in [7, 11) is 5.32. The van der Waals surface area contributed by atoms with Crippen molar-refractivity contribution in [2.45, 2.75) is 0 Å². The molecule has 0 atom stereocenters. The van der Waals surface area contributed by atoms with Crippen LogP contribution in [-0.2, 0) is 4.79 Å². The van der Waals surface area contributed by atoms with Crippen molar-refractivity contribution in [2.24, 2.45) is 5.10 Å². The lowest BCUT2D eigenvalue weighted by atomic mass is 10.1. The average molecular weight is 563 g/mol. The molecule has 2 N–H and O–H groups in total. The summed E-state index contributed by atoms with van der Waals surface area (Å²) in [6, 6.07) is 29.6. The standard InChI is InChI=1S/C33H30N4O5/c1-37(2)27-17-14-23(15-18-27)20-28(35-31(38)25-10-6-4-7-11-25)32(39)36-34-22-24-16-19-29(30(21-24)41-3)42-33(40)26-12-8-5-9-13-26/h4-22H,1-3H3,(H,35,38)(H,36,39). The molecule has 0 heterocycles. The zero-order valence-corrected chi connectivity index (χ0v) is 23.4. The average Bonchev–Trinajstić information content (AvgIpc) is 3.02. The van der Waals surface area contributed by atoms with E-state index in [4.69, 9.17) is 9.47 Å². The van der Waals surface area contributed by atoms with Crippen LogP contribution in [0.5, 0.6) is 11.5 Å². The molecule has 0 bridgehead atoms. The Hall–Kier alpha value is -5.70. The van der Waals surface area contributed by atoms with Gasteiger partial charge < -0.3 is 19.7 Å². The number of ether oxygens (including phenoxy) is 2. The van der Waals surface area contributed by atoms with Gasteiger partial charge in [-0.15, -0.1) is 0 Å². The van der Waals surface area contributed by atoms with Crippen LogP contribution >= 0.6 is 0 Å². The maximum absolute atomic E-state index is 13.1. The largest absolute Gasteiger partial charge is 0.493 e. The van der Waals surface area contributed by atoms with Gasteiger partial charge in [0.2, 0.25) is 0 Å². The number of methoxy groups -OCH3 is 1. The van der Waals surface area contributed by atoms with E-state index in [0.717, 1.165) is 5.69 Å². The second kappa shape index (κ2) is 14.1. The van der Waals surface area contributed by atoms with Crippen molar-refractivity contribution in [1.29, 1.82) is 0 Å². The number of benzene rings is 4. The fourth-order valence-corrected chi connectivity index (χ4v) is 3.79. The second-order valence-corrected chi connectivity index (χ2v) is 9.23. The van der Waals surface area contributed by atoms with Crippen molar-refractivity contribution in [2.75, 3.05) is 26.1 Å².